The summed E-state index contributed by atoms with van der Waals surface area (Å²) in [5.74, 6) is -0.0155. The van der Waals surface area contributed by atoms with Crippen LogP contribution in [0.15, 0.2) is 30.6 Å². The molecule has 0 aliphatic rings. The standard InChI is InChI=1S/C15H21N5O/c1-11(8-14-9-12(2)19-20-14)17-7-5-15(21)18-13-4-3-6-16-10-13/h3-4,6,9-11,17H,5,7-8H2,1-2H3,(H,18,21)(H,19,20)/t11-/m0/s1. The number of H-pyrrole nitrogens is 1. The third kappa shape index (κ3) is 5.35. The average Bonchev–Trinajstić information content (AvgIpc) is 2.85. The van der Waals surface area contributed by atoms with Gasteiger partial charge in [-0.05, 0) is 32.0 Å². The van der Waals surface area contributed by atoms with Gasteiger partial charge in [-0.15, -0.1) is 0 Å². The molecule has 6 heteroatoms. The summed E-state index contributed by atoms with van der Waals surface area (Å²) < 4.78 is 0. The molecule has 0 saturated heterocycles. The summed E-state index contributed by atoms with van der Waals surface area (Å²) in [7, 11) is 0. The van der Waals surface area contributed by atoms with Gasteiger partial charge in [-0.2, -0.15) is 5.10 Å². The van der Waals surface area contributed by atoms with E-state index in [4.69, 9.17) is 0 Å². The van der Waals surface area contributed by atoms with Crippen molar-refractivity contribution in [2.24, 2.45) is 0 Å². The monoisotopic (exact) mass is 287 g/mol. The van der Waals surface area contributed by atoms with Crippen molar-refractivity contribution in [2.45, 2.75) is 32.7 Å². The van der Waals surface area contributed by atoms with Crippen molar-refractivity contribution in [1.29, 1.82) is 0 Å². The fraction of sp³-hybridized carbons (Fsp3) is 0.400. The Labute approximate surface area is 124 Å². The van der Waals surface area contributed by atoms with E-state index < -0.39 is 0 Å². The molecule has 0 spiro atoms. The van der Waals surface area contributed by atoms with Crippen LogP contribution in [0.5, 0.6) is 0 Å². The maximum atomic E-state index is 11.8. The van der Waals surface area contributed by atoms with Crippen LogP contribution in [-0.4, -0.2) is 33.7 Å². The van der Waals surface area contributed by atoms with Crippen molar-refractivity contribution in [3.63, 3.8) is 0 Å². The van der Waals surface area contributed by atoms with Gasteiger partial charge in [-0.1, -0.05) is 0 Å². The first kappa shape index (κ1) is 15.2. The quantitative estimate of drug-likeness (QED) is 0.723. The number of carbonyl (C=O) groups is 1. The highest BCUT2D eigenvalue weighted by Crippen LogP contribution is 2.04. The molecule has 0 fully saturated rings. The number of carbonyl (C=O) groups excluding carboxylic acids is 1. The van der Waals surface area contributed by atoms with Crippen LogP contribution >= 0.6 is 0 Å². The molecule has 3 N–H and O–H groups in total. The van der Waals surface area contributed by atoms with Crippen LogP contribution in [0.1, 0.15) is 24.7 Å². The topological polar surface area (TPSA) is 82.7 Å². The molecule has 2 aromatic rings. The van der Waals surface area contributed by atoms with Gasteiger partial charge in [0.25, 0.3) is 0 Å². The lowest BCUT2D eigenvalue weighted by Gasteiger charge is -2.12. The number of anilines is 1. The molecule has 2 heterocycles. The van der Waals surface area contributed by atoms with E-state index in [1.165, 1.54) is 0 Å². The lowest BCUT2D eigenvalue weighted by atomic mass is 10.1. The Kier molecular flexibility index (Phi) is 5.45. The minimum absolute atomic E-state index is 0.0155. The van der Waals surface area contributed by atoms with Crippen LogP contribution in [0, 0.1) is 6.92 Å². The maximum absolute atomic E-state index is 11.8. The van der Waals surface area contributed by atoms with Crippen LogP contribution < -0.4 is 10.6 Å². The van der Waals surface area contributed by atoms with Crippen LogP contribution in [0.3, 0.4) is 0 Å². The molecule has 6 nitrogen and oxygen atoms in total. The van der Waals surface area contributed by atoms with E-state index in [1.807, 2.05) is 19.1 Å². The van der Waals surface area contributed by atoms with Crippen molar-refractivity contribution in [3.05, 3.63) is 42.0 Å². The number of pyridine rings is 1. The fourth-order valence-corrected chi connectivity index (χ4v) is 2.06. The summed E-state index contributed by atoms with van der Waals surface area (Å²) in [5.41, 5.74) is 2.82. The van der Waals surface area contributed by atoms with Gasteiger partial charge in [0.15, 0.2) is 0 Å². The number of nitrogens with zero attached hydrogens (tertiary/aromatic N) is 2. The summed E-state index contributed by atoms with van der Waals surface area (Å²) in [4.78, 5) is 15.7. The Bertz CT molecular complexity index is 566. The lowest BCUT2D eigenvalue weighted by Crippen LogP contribution is -2.31. The molecule has 0 aliphatic heterocycles. The zero-order valence-corrected chi connectivity index (χ0v) is 12.4. The van der Waals surface area contributed by atoms with Crippen LogP contribution in [0.4, 0.5) is 5.69 Å². The number of aryl methyl sites for hydroxylation is 1. The third-order valence-corrected chi connectivity index (χ3v) is 3.06. The molecule has 0 radical (unpaired) electrons. The summed E-state index contributed by atoms with van der Waals surface area (Å²) >= 11 is 0. The molecule has 2 aromatic heterocycles. The number of aromatic nitrogens is 3. The average molecular weight is 287 g/mol. The highest BCUT2D eigenvalue weighted by molar-refractivity contribution is 5.90. The van der Waals surface area contributed by atoms with Crippen molar-refractivity contribution in [1.82, 2.24) is 20.5 Å². The number of hydrogen-bond acceptors (Lipinski definition) is 4. The predicted octanol–water partition coefficient (Wildman–Crippen LogP) is 1.66. The second-order valence-electron chi connectivity index (χ2n) is 5.14. The highest BCUT2D eigenvalue weighted by Gasteiger charge is 2.07. The van der Waals surface area contributed by atoms with E-state index in [2.05, 4.69) is 32.7 Å². The fourth-order valence-electron chi connectivity index (χ4n) is 2.06. The molecule has 0 aliphatic carbocycles. The zero-order chi connectivity index (χ0) is 15.1. The van der Waals surface area contributed by atoms with E-state index in [9.17, 15) is 4.79 Å². The first-order chi connectivity index (χ1) is 10.1. The van der Waals surface area contributed by atoms with Crippen LogP contribution in [0.2, 0.25) is 0 Å². The van der Waals surface area contributed by atoms with Crippen LogP contribution in [-0.2, 0) is 11.2 Å². The van der Waals surface area contributed by atoms with E-state index in [-0.39, 0.29) is 11.9 Å². The molecular weight excluding hydrogens is 266 g/mol. The lowest BCUT2D eigenvalue weighted by molar-refractivity contribution is -0.116. The molecule has 0 bridgehead atoms. The van der Waals surface area contributed by atoms with Crippen LogP contribution in [0.25, 0.3) is 0 Å². The first-order valence-corrected chi connectivity index (χ1v) is 7.07. The highest BCUT2D eigenvalue weighted by atomic mass is 16.1. The Morgan fingerprint density at radius 3 is 3.00 bits per heavy atom. The summed E-state index contributed by atoms with van der Waals surface area (Å²) in [6.07, 6.45) is 4.58. The normalized spacial score (nSPS) is 12.1. The minimum Gasteiger partial charge on any atom is -0.325 e. The molecule has 1 atom stereocenters. The van der Waals surface area contributed by atoms with Gasteiger partial charge in [0, 0.05) is 37.3 Å². The van der Waals surface area contributed by atoms with Crippen molar-refractivity contribution in [3.8, 4) is 0 Å². The van der Waals surface area contributed by atoms with Gasteiger partial charge in [0.05, 0.1) is 17.6 Å². The number of amides is 1. The zero-order valence-electron chi connectivity index (χ0n) is 12.4. The van der Waals surface area contributed by atoms with Gasteiger partial charge in [0.1, 0.15) is 0 Å². The number of aromatic amines is 1. The molecular formula is C15H21N5O. The van der Waals surface area contributed by atoms with Gasteiger partial charge in [-0.3, -0.25) is 14.9 Å². The number of rotatable bonds is 7. The van der Waals surface area contributed by atoms with Gasteiger partial charge < -0.3 is 10.6 Å². The van der Waals surface area contributed by atoms with Gasteiger partial charge >= 0.3 is 0 Å². The SMILES string of the molecule is Cc1cc(C[C@H](C)NCCC(=O)Nc2cccnc2)n[nH]1. The van der Waals surface area contributed by atoms with Crippen molar-refractivity contribution >= 4 is 11.6 Å². The second kappa shape index (κ2) is 7.54. The summed E-state index contributed by atoms with van der Waals surface area (Å²) in [6.45, 7) is 4.71. The second-order valence-corrected chi connectivity index (χ2v) is 5.14. The number of nitrogens with one attached hydrogen (secondary N) is 3. The Morgan fingerprint density at radius 1 is 1.48 bits per heavy atom. The Hall–Kier alpha value is -2.21. The molecule has 1 amide bonds. The maximum Gasteiger partial charge on any atom is 0.225 e. The summed E-state index contributed by atoms with van der Waals surface area (Å²) in [6, 6.07) is 5.93. The van der Waals surface area contributed by atoms with Crippen molar-refractivity contribution < 1.29 is 4.79 Å². The molecule has 21 heavy (non-hydrogen) atoms. The Balaban J connectivity index is 1.65. The van der Waals surface area contributed by atoms with Gasteiger partial charge in [0.2, 0.25) is 5.91 Å². The Morgan fingerprint density at radius 2 is 2.33 bits per heavy atom. The largest absolute Gasteiger partial charge is 0.325 e. The molecule has 2 rings (SSSR count). The van der Waals surface area contributed by atoms with E-state index in [1.54, 1.807) is 18.5 Å². The van der Waals surface area contributed by atoms with E-state index >= 15 is 0 Å². The molecule has 0 saturated carbocycles. The first-order valence-electron chi connectivity index (χ1n) is 7.07. The van der Waals surface area contributed by atoms with Gasteiger partial charge in [-0.25, -0.2) is 0 Å². The molecule has 112 valence electrons. The van der Waals surface area contributed by atoms with E-state index in [0.29, 0.717) is 13.0 Å². The van der Waals surface area contributed by atoms with Crippen molar-refractivity contribution in [2.75, 3.05) is 11.9 Å². The predicted molar refractivity (Wildman–Crippen MR) is 82.0 cm³/mol. The number of hydrogen-bond donors (Lipinski definition) is 3. The summed E-state index contributed by atoms with van der Waals surface area (Å²) in [5, 5.41) is 13.3. The third-order valence-electron chi connectivity index (χ3n) is 3.06. The molecule has 0 aromatic carbocycles. The van der Waals surface area contributed by atoms with E-state index in [0.717, 1.165) is 23.5 Å². The molecule has 0 unspecified atom stereocenters. The smallest absolute Gasteiger partial charge is 0.225 e. The minimum atomic E-state index is -0.0155.